The number of ether oxygens (including phenoxy) is 1. The quantitative estimate of drug-likeness (QED) is 0.690. The van der Waals surface area contributed by atoms with Gasteiger partial charge in [-0.3, -0.25) is 0 Å². The summed E-state index contributed by atoms with van der Waals surface area (Å²) in [5, 5.41) is 0. The van der Waals surface area contributed by atoms with E-state index in [1.54, 1.807) is 0 Å². The molecule has 0 atom stereocenters. The van der Waals surface area contributed by atoms with Gasteiger partial charge in [0.15, 0.2) is 0 Å². The SMILES string of the molecule is CCOC(=O)c1ccc(N(CCN(C)C)CC(C)C)cc1. The van der Waals surface area contributed by atoms with Gasteiger partial charge in [0.1, 0.15) is 0 Å². The number of carbonyl (C=O) groups is 1. The third kappa shape index (κ3) is 6.17. The zero-order valence-electron chi connectivity index (χ0n) is 13.9. The lowest BCUT2D eigenvalue weighted by Crippen LogP contribution is -2.34. The van der Waals surface area contributed by atoms with E-state index in [1.807, 2.05) is 31.2 Å². The molecule has 0 bridgehead atoms. The van der Waals surface area contributed by atoms with E-state index in [2.05, 4.69) is 37.7 Å². The fourth-order valence-corrected chi connectivity index (χ4v) is 2.11. The van der Waals surface area contributed by atoms with Crippen molar-refractivity contribution < 1.29 is 9.53 Å². The second kappa shape index (κ2) is 8.67. The Morgan fingerprint density at radius 1 is 1.14 bits per heavy atom. The summed E-state index contributed by atoms with van der Waals surface area (Å²) in [5.41, 5.74) is 1.76. The molecule has 0 spiro atoms. The summed E-state index contributed by atoms with van der Waals surface area (Å²) in [6, 6.07) is 7.70. The Morgan fingerprint density at radius 2 is 1.76 bits per heavy atom. The van der Waals surface area contributed by atoms with Gasteiger partial charge in [-0.1, -0.05) is 13.8 Å². The third-order valence-electron chi connectivity index (χ3n) is 3.15. The van der Waals surface area contributed by atoms with Crippen molar-refractivity contribution in [2.45, 2.75) is 20.8 Å². The lowest BCUT2D eigenvalue weighted by atomic mass is 10.1. The molecule has 0 aliphatic rings. The van der Waals surface area contributed by atoms with Crippen LogP contribution in [0.2, 0.25) is 0 Å². The molecule has 0 saturated heterocycles. The molecule has 1 aromatic rings. The van der Waals surface area contributed by atoms with Crippen LogP contribution in [0.5, 0.6) is 0 Å². The van der Waals surface area contributed by atoms with Crippen LogP contribution in [0.1, 0.15) is 31.1 Å². The van der Waals surface area contributed by atoms with Crippen LogP contribution in [0, 0.1) is 5.92 Å². The van der Waals surface area contributed by atoms with Crippen LogP contribution in [-0.4, -0.2) is 51.2 Å². The van der Waals surface area contributed by atoms with Crippen molar-refractivity contribution in [2.24, 2.45) is 5.92 Å². The summed E-state index contributed by atoms with van der Waals surface area (Å²) in [6.07, 6.45) is 0. The predicted octanol–water partition coefficient (Wildman–Crippen LogP) is 2.89. The molecule has 4 nitrogen and oxygen atoms in total. The highest BCUT2D eigenvalue weighted by Gasteiger charge is 2.11. The Hall–Kier alpha value is -1.55. The van der Waals surface area contributed by atoms with E-state index in [9.17, 15) is 4.79 Å². The van der Waals surface area contributed by atoms with Gasteiger partial charge < -0.3 is 14.5 Å². The Bertz CT molecular complexity index is 427. The first-order chi connectivity index (χ1) is 9.93. The molecule has 0 amide bonds. The van der Waals surface area contributed by atoms with E-state index in [1.165, 1.54) is 0 Å². The van der Waals surface area contributed by atoms with E-state index < -0.39 is 0 Å². The molecule has 21 heavy (non-hydrogen) atoms. The summed E-state index contributed by atoms with van der Waals surface area (Å²) in [4.78, 5) is 16.2. The molecular weight excluding hydrogens is 264 g/mol. The largest absolute Gasteiger partial charge is 0.462 e. The molecule has 0 heterocycles. The minimum Gasteiger partial charge on any atom is -0.462 e. The number of esters is 1. The van der Waals surface area contributed by atoms with Crippen LogP contribution in [0.4, 0.5) is 5.69 Å². The van der Waals surface area contributed by atoms with E-state index in [-0.39, 0.29) is 5.97 Å². The first-order valence-electron chi connectivity index (χ1n) is 7.61. The van der Waals surface area contributed by atoms with Gasteiger partial charge in [0.25, 0.3) is 0 Å². The Labute approximate surface area is 128 Å². The monoisotopic (exact) mass is 292 g/mol. The number of nitrogens with zero attached hydrogens (tertiary/aromatic N) is 2. The smallest absolute Gasteiger partial charge is 0.338 e. The molecule has 1 rings (SSSR count). The van der Waals surface area contributed by atoms with Crippen molar-refractivity contribution in [3.63, 3.8) is 0 Å². The molecule has 118 valence electrons. The lowest BCUT2D eigenvalue weighted by molar-refractivity contribution is 0.0526. The second-order valence-electron chi connectivity index (χ2n) is 5.91. The normalized spacial score (nSPS) is 11.0. The maximum atomic E-state index is 11.7. The zero-order valence-corrected chi connectivity index (χ0v) is 13.9. The van der Waals surface area contributed by atoms with Gasteiger partial charge in [-0.15, -0.1) is 0 Å². The molecule has 0 aromatic heterocycles. The molecule has 0 aliphatic carbocycles. The van der Waals surface area contributed by atoms with Gasteiger partial charge in [-0.25, -0.2) is 4.79 Å². The molecule has 0 N–H and O–H groups in total. The van der Waals surface area contributed by atoms with Crippen LogP contribution in [0.25, 0.3) is 0 Å². The third-order valence-corrected chi connectivity index (χ3v) is 3.15. The van der Waals surface area contributed by atoms with Gasteiger partial charge in [0, 0.05) is 25.3 Å². The Morgan fingerprint density at radius 3 is 2.24 bits per heavy atom. The summed E-state index contributed by atoms with van der Waals surface area (Å²) >= 11 is 0. The highest BCUT2D eigenvalue weighted by Crippen LogP contribution is 2.17. The van der Waals surface area contributed by atoms with E-state index in [4.69, 9.17) is 4.74 Å². The summed E-state index contributed by atoms with van der Waals surface area (Å²) in [6.45, 7) is 9.65. The maximum absolute atomic E-state index is 11.7. The van der Waals surface area contributed by atoms with Gasteiger partial charge >= 0.3 is 5.97 Å². The maximum Gasteiger partial charge on any atom is 0.338 e. The number of likely N-dealkylation sites (N-methyl/N-ethyl adjacent to an activating group) is 1. The van der Waals surface area contributed by atoms with E-state index in [0.717, 1.165) is 25.3 Å². The van der Waals surface area contributed by atoms with Crippen LogP contribution in [-0.2, 0) is 4.74 Å². The fourth-order valence-electron chi connectivity index (χ4n) is 2.11. The average molecular weight is 292 g/mol. The summed E-state index contributed by atoms with van der Waals surface area (Å²) in [7, 11) is 4.16. The average Bonchev–Trinajstić information content (AvgIpc) is 2.43. The summed E-state index contributed by atoms with van der Waals surface area (Å²) in [5.74, 6) is 0.338. The molecular formula is C17H28N2O2. The molecule has 0 aliphatic heterocycles. The van der Waals surface area contributed by atoms with Crippen molar-refractivity contribution in [1.82, 2.24) is 4.90 Å². The van der Waals surface area contributed by atoms with Crippen LogP contribution in [0.3, 0.4) is 0 Å². The zero-order chi connectivity index (χ0) is 15.8. The predicted molar refractivity (Wildman–Crippen MR) is 88.0 cm³/mol. The van der Waals surface area contributed by atoms with Gasteiger partial charge in [0.05, 0.1) is 12.2 Å². The molecule has 4 heteroatoms. The van der Waals surface area contributed by atoms with E-state index >= 15 is 0 Å². The number of benzene rings is 1. The fraction of sp³-hybridized carbons (Fsp3) is 0.588. The lowest BCUT2D eigenvalue weighted by Gasteiger charge is -2.28. The van der Waals surface area contributed by atoms with Crippen LogP contribution < -0.4 is 4.90 Å². The number of hydrogen-bond acceptors (Lipinski definition) is 4. The Balaban J connectivity index is 2.79. The number of hydrogen-bond donors (Lipinski definition) is 0. The second-order valence-corrected chi connectivity index (χ2v) is 5.91. The molecule has 0 radical (unpaired) electrons. The molecule has 0 saturated carbocycles. The highest BCUT2D eigenvalue weighted by molar-refractivity contribution is 5.89. The number of anilines is 1. The van der Waals surface area contributed by atoms with E-state index in [0.29, 0.717) is 18.1 Å². The first kappa shape index (κ1) is 17.5. The van der Waals surface area contributed by atoms with Crippen LogP contribution >= 0.6 is 0 Å². The van der Waals surface area contributed by atoms with Crippen molar-refractivity contribution in [3.05, 3.63) is 29.8 Å². The van der Waals surface area contributed by atoms with Gasteiger partial charge in [-0.05, 0) is 51.2 Å². The van der Waals surface area contributed by atoms with Crippen molar-refractivity contribution >= 4 is 11.7 Å². The number of carbonyl (C=O) groups excluding carboxylic acids is 1. The van der Waals surface area contributed by atoms with Gasteiger partial charge in [0.2, 0.25) is 0 Å². The molecule has 0 fully saturated rings. The molecule has 0 unspecified atom stereocenters. The highest BCUT2D eigenvalue weighted by atomic mass is 16.5. The number of rotatable bonds is 8. The van der Waals surface area contributed by atoms with Crippen molar-refractivity contribution in [1.29, 1.82) is 0 Å². The van der Waals surface area contributed by atoms with Crippen molar-refractivity contribution in [2.75, 3.05) is 45.2 Å². The molecule has 1 aromatic carbocycles. The van der Waals surface area contributed by atoms with Gasteiger partial charge in [-0.2, -0.15) is 0 Å². The first-order valence-corrected chi connectivity index (χ1v) is 7.61. The Kier molecular flexibility index (Phi) is 7.23. The standard InChI is InChI=1S/C17H28N2O2/c1-6-21-17(20)15-7-9-16(10-8-15)19(13-14(2)3)12-11-18(4)5/h7-10,14H,6,11-13H2,1-5H3. The minimum absolute atomic E-state index is 0.257. The van der Waals surface area contributed by atoms with Crippen molar-refractivity contribution in [3.8, 4) is 0 Å². The topological polar surface area (TPSA) is 32.8 Å². The van der Waals surface area contributed by atoms with Crippen LogP contribution in [0.15, 0.2) is 24.3 Å². The summed E-state index contributed by atoms with van der Waals surface area (Å²) < 4.78 is 5.01. The minimum atomic E-state index is -0.257.